The molecule has 0 N–H and O–H groups in total. The molecule has 0 saturated heterocycles. The SMILES string of the molecule is CC(C)(C)c1ccc(-[n+]2[c-]n(-c3cccc(Oc4ccc5c6ccccc6n(-c6cc(C(C)(C)C)ccn6)c5c4)c3)cc2C(C)(C)C)cc1. The summed E-state index contributed by atoms with van der Waals surface area (Å²) < 4.78 is 13.1. The fourth-order valence-corrected chi connectivity index (χ4v) is 6.44. The van der Waals surface area contributed by atoms with Crippen LogP contribution in [0.3, 0.4) is 0 Å². The molecule has 49 heavy (non-hydrogen) atoms. The third-order valence-corrected chi connectivity index (χ3v) is 9.28. The molecule has 0 aliphatic carbocycles. The van der Waals surface area contributed by atoms with Gasteiger partial charge in [-0.15, -0.1) is 0 Å². The van der Waals surface area contributed by atoms with Crippen LogP contribution in [0.1, 0.15) is 79.1 Å². The number of aromatic nitrogens is 4. The van der Waals surface area contributed by atoms with Crippen molar-refractivity contribution in [3.8, 4) is 28.7 Å². The summed E-state index contributed by atoms with van der Waals surface area (Å²) in [7, 11) is 0. The van der Waals surface area contributed by atoms with Gasteiger partial charge in [0.05, 0.1) is 28.1 Å². The molecular formula is C44H46N4O. The van der Waals surface area contributed by atoms with Gasteiger partial charge in [-0.25, -0.2) is 4.98 Å². The number of nitrogens with zero attached hydrogens (tertiary/aromatic N) is 4. The van der Waals surface area contributed by atoms with Gasteiger partial charge in [0.25, 0.3) is 6.33 Å². The second-order valence-corrected chi connectivity index (χ2v) is 16.2. The number of imidazole rings is 1. The highest BCUT2D eigenvalue weighted by molar-refractivity contribution is 6.09. The van der Waals surface area contributed by atoms with Crippen LogP contribution in [-0.2, 0) is 16.2 Å². The van der Waals surface area contributed by atoms with Crippen molar-refractivity contribution in [2.75, 3.05) is 0 Å². The van der Waals surface area contributed by atoms with Crippen molar-refractivity contribution >= 4 is 21.8 Å². The van der Waals surface area contributed by atoms with Gasteiger partial charge in [0.1, 0.15) is 17.3 Å². The zero-order chi connectivity index (χ0) is 34.7. The Morgan fingerprint density at radius 3 is 2.02 bits per heavy atom. The average Bonchev–Trinajstić information content (AvgIpc) is 3.65. The van der Waals surface area contributed by atoms with Crippen LogP contribution in [0.15, 0.2) is 116 Å². The van der Waals surface area contributed by atoms with E-state index in [0.717, 1.165) is 45.1 Å². The Kier molecular flexibility index (Phi) is 7.78. The van der Waals surface area contributed by atoms with Crippen LogP contribution in [0, 0.1) is 6.33 Å². The zero-order valence-electron chi connectivity index (χ0n) is 30.2. The van der Waals surface area contributed by atoms with E-state index in [1.165, 1.54) is 22.2 Å². The van der Waals surface area contributed by atoms with Gasteiger partial charge in [0.2, 0.25) is 0 Å². The summed E-state index contributed by atoms with van der Waals surface area (Å²) in [5.41, 5.74) is 7.99. The number of fused-ring (bicyclic) bond motifs is 3. The van der Waals surface area contributed by atoms with Gasteiger partial charge in [-0.3, -0.25) is 13.7 Å². The van der Waals surface area contributed by atoms with Gasteiger partial charge in [0, 0.05) is 29.2 Å². The lowest BCUT2D eigenvalue weighted by Crippen LogP contribution is -2.38. The van der Waals surface area contributed by atoms with Crippen molar-refractivity contribution in [3.63, 3.8) is 0 Å². The summed E-state index contributed by atoms with van der Waals surface area (Å²) >= 11 is 0. The third-order valence-electron chi connectivity index (χ3n) is 9.28. The molecule has 3 aromatic heterocycles. The van der Waals surface area contributed by atoms with Crippen LogP contribution in [0.25, 0.3) is 39.0 Å². The van der Waals surface area contributed by atoms with Gasteiger partial charge >= 0.3 is 0 Å². The highest BCUT2D eigenvalue weighted by Crippen LogP contribution is 2.36. The first-order chi connectivity index (χ1) is 23.2. The van der Waals surface area contributed by atoms with E-state index in [0.29, 0.717) is 0 Å². The van der Waals surface area contributed by atoms with Gasteiger partial charge in [0.15, 0.2) is 0 Å². The Balaban J connectivity index is 1.26. The maximum atomic E-state index is 6.58. The van der Waals surface area contributed by atoms with E-state index in [-0.39, 0.29) is 16.2 Å². The van der Waals surface area contributed by atoms with Crippen LogP contribution < -0.4 is 9.30 Å². The quantitative estimate of drug-likeness (QED) is 0.138. The molecule has 3 heterocycles. The monoisotopic (exact) mass is 646 g/mol. The van der Waals surface area contributed by atoms with Gasteiger partial charge in [-0.2, -0.15) is 0 Å². The minimum absolute atomic E-state index is 0.0106. The van der Waals surface area contributed by atoms with Crippen molar-refractivity contribution in [1.82, 2.24) is 14.1 Å². The first kappa shape index (κ1) is 32.4. The second-order valence-electron chi connectivity index (χ2n) is 16.2. The molecule has 7 aromatic rings. The largest absolute Gasteiger partial charge is 0.458 e. The van der Waals surface area contributed by atoms with Gasteiger partial charge in [-0.05, 0) is 88.0 Å². The summed E-state index contributed by atoms with van der Waals surface area (Å²) in [6.07, 6.45) is 7.71. The van der Waals surface area contributed by atoms with E-state index in [1.54, 1.807) is 0 Å². The Hall–Kier alpha value is -5.16. The van der Waals surface area contributed by atoms with Gasteiger partial charge < -0.3 is 4.74 Å². The number of pyridine rings is 1. The molecule has 0 amide bonds. The molecule has 0 atom stereocenters. The topological polar surface area (TPSA) is 35.9 Å². The fourth-order valence-electron chi connectivity index (χ4n) is 6.44. The van der Waals surface area contributed by atoms with Crippen LogP contribution in [-0.4, -0.2) is 14.1 Å². The van der Waals surface area contributed by atoms with Gasteiger partial charge in [-0.1, -0.05) is 98.7 Å². The lowest BCUT2D eigenvalue weighted by atomic mass is 9.87. The number of hydrogen-bond acceptors (Lipinski definition) is 2. The van der Waals surface area contributed by atoms with Crippen LogP contribution in [0.4, 0.5) is 0 Å². The molecule has 0 bridgehead atoms. The molecule has 4 aromatic carbocycles. The minimum atomic E-state index is -0.0896. The summed E-state index contributed by atoms with van der Waals surface area (Å²) in [6, 6.07) is 36.2. The smallest absolute Gasteiger partial charge is 0.269 e. The van der Waals surface area contributed by atoms with Crippen LogP contribution in [0.5, 0.6) is 11.5 Å². The predicted octanol–water partition coefficient (Wildman–Crippen LogP) is 10.7. The normalized spacial score (nSPS) is 12.6. The molecule has 248 valence electrons. The third kappa shape index (κ3) is 6.26. The lowest BCUT2D eigenvalue weighted by molar-refractivity contribution is -0.611. The number of benzene rings is 4. The van der Waals surface area contributed by atoms with Crippen molar-refractivity contribution in [2.24, 2.45) is 0 Å². The molecule has 7 rings (SSSR count). The first-order valence-corrected chi connectivity index (χ1v) is 17.1. The molecular weight excluding hydrogens is 601 g/mol. The van der Waals surface area contributed by atoms with E-state index in [1.807, 2.05) is 18.3 Å². The lowest BCUT2D eigenvalue weighted by Gasteiger charge is -2.22. The summed E-state index contributed by atoms with van der Waals surface area (Å²) in [5, 5.41) is 2.35. The van der Waals surface area contributed by atoms with E-state index < -0.39 is 0 Å². The standard InChI is InChI=1S/C44H46N4O/c1-42(2,3)30-17-19-32(20-18-30)47-29-46(28-40(47)44(7,8)9)33-13-12-14-34(26-33)49-35-21-22-37-36-15-10-11-16-38(36)48(39(37)27-35)41-25-31(23-24-45-41)43(4,5)6/h10-28H,1-9H3. The Bertz CT molecular complexity index is 2300. The van der Waals surface area contributed by atoms with E-state index in [4.69, 9.17) is 9.72 Å². The number of rotatable bonds is 5. The minimum Gasteiger partial charge on any atom is -0.458 e. The summed E-state index contributed by atoms with van der Waals surface area (Å²) in [5.74, 6) is 2.42. The van der Waals surface area contributed by atoms with E-state index in [2.05, 4.69) is 180 Å². The van der Waals surface area contributed by atoms with E-state index in [9.17, 15) is 0 Å². The maximum Gasteiger partial charge on any atom is 0.269 e. The molecule has 0 saturated carbocycles. The molecule has 0 unspecified atom stereocenters. The van der Waals surface area contributed by atoms with Crippen LogP contribution >= 0.6 is 0 Å². The highest BCUT2D eigenvalue weighted by atomic mass is 16.5. The second kappa shape index (κ2) is 11.8. The molecule has 5 nitrogen and oxygen atoms in total. The van der Waals surface area contributed by atoms with Crippen molar-refractivity contribution in [1.29, 1.82) is 0 Å². The van der Waals surface area contributed by atoms with Crippen molar-refractivity contribution < 1.29 is 9.30 Å². The highest BCUT2D eigenvalue weighted by Gasteiger charge is 2.23. The molecule has 0 aliphatic heterocycles. The predicted molar refractivity (Wildman–Crippen MR) is 201 cm³/mol. The molecule has 0 fully saturated rings. The Morgan fingerprint density at radius 2 is 1.31 bits per heavy atom. The Morgan fingerprint density at radius 1 is 0.612 bits per heavy atom. The zero-order valence-corrected chi connectivity index (χ0v) is 30.2. The van der Waals surface area contributed by atoms with Crippen molar-refractivity contribution in [3.05, 3.63) is 139 Å². The van der Waals surface area contributed by atoms with E-state index >= 15 is 0 Å². The first-order valence-electron chi connectivity index (χ1n) is 17.1. The number of hydrogen-bond donors (Lipinski definition) is 0. The number of ether oxygens (including phenoxy) is 1. The summed E-state index contributed by atoms with van der Waals surface area (Å²) in [6.45, 7) is 20.2. The molecule has 0 spiro atoms. The van der Waals surface area contributed by atoms with Crippen LogP contribution in [0.2, 0.25) is 0 Å². The summed E-state index contributed by atoms with van der Waals surface area (Å²) in [4.78, 5) is 4.83. The number of para-hydroxylation sites is 1. The van der Waals surface area contributed by atoms with Crippen molar-refractivity contribution in [2.45, 2.75) is 78.6 Å². The molecule has 5 heteroatoms. The molecule has 0 aliphatic rings. The fraction of sp³-hybridized carbons (Fsp3) is 0.273. The maximum absolute atomic E-state index is 6.58. The molecule has 0 radical (unpaired) electrons. The Labute approximate surface area is 290 Å². The average molecular weight is 647 g/mol.